The first-order valence-corrected chi connectivity index (χ1v) is 9.66. The highest BCUT2D eigenvalue weighted by Gasteiger charge is 2.39. The Labute approximate surface area is 132 Å². The van der Waals surface area contributed by atoms with Gasteiger partial charge in [0, 0.05) is 0 Å². The highest BCUT2D eigenvalue weighted by Crippen LogP contribution is 2.25. The lowest BCUT2D eigenvalue weighted by Crippen LogP contribution is -2.47. The number of oxazole rings is 1. The summed E-state index contributed by atoms with van der Waals surface area (Å²) in [6, 6.07) is 7.38. The van der Waals surface area contributed by atoms with Gasteiger partial charge in [0.2, 0.25) is 5.91 Å². The van der Waals surface area contributed by atoms with Crippen LogP contribution in [-0.4, -0.2) is 42.1 Å². The van der Waals surface area contributed by atoms with Crippen molar-refractivity contribution in [2.75, 3.05) is 17.3 Å². The monoisotopic (exact) mass is 340 g/mol. The van der Waals surface area contributed by atoms with Gasteiger partial charge in [0.25, 0.3) is 5.22 Å². The highest BCUT2D eigenvalue weighted by molar-refractivity contribution is 7.99. The van der Waals surface area contributed by atoms with Crippen molar-refractivity contribution in [3.63, 3.8) is 0 Å². The lowest BCUT2D eigenvalue weighted by molar-refractivity contribution is -0.120. The Morgan fingerprint density at radius 3 is 2.91 bits per heavy atom. The fraction of sp³-hybridized carbons (Fsp3) is 0.429. The number of carbonyl (C=O) groups excluding carboxylic acids is 1. The zero-order chi connectivity index (χ0) is 15.8. The van der Waals surface area contributed by atoms with Gasteiger partial charge < -0.3 is 9.73 Å². The molecule has 1 N–H and O–H groups in total. The number of amides is 1. The zero-order valence-corrected chi connectivity index (χ0v) is 13.7. The first-order valence-electron chi connectivity index (χ1n) is 6.85. The molecule has 0 spiro atoms. The summed E-state index contributed by atoms with van der Waals surface area (Å²) in [5, 5.41) is 3.24. The average Bonchev–Trinajstić information content (AvgIpc) is 2.96. The summed E-state index contributed by atoms with van der Waals surface area (Å²) in [5.74, 6) is 0.0518. The summed E-state index contributed by atoms with van der Waals surface area (Å²) in [4.78, 5) is 16.3. The zero-order valence-electron chi connectivity index (χ0n) is 12.0. The van der Waals surface area contributed by atoms with E-state index in [0.717, 1.165) is 5.52 Å². The Balaban J connectivity index is 1.58. The maximum absolute atomic E-state index is 12.0. The van der Waals surface area contributed by atoms with Crippen molar-refractivity contribution in [2.24, 2.45) is 0 Å². The molecule has 1 amide bonds. The van der Waals surface area contributed by atoms with Crippen LogP contribution in [0.2, 0.25) is 0 Å². The molecule has 2 aromatic rings. The van der Waals surface area contributed by atoms with Crippen LogP contribution >= 0.6 is 11.8 Å². The number of rotatable bonds is 4. The van der Waals surface area contributed by atoms with E-state index >= 15 is 0 Å². The third kappa shape index (κ3) is 3.44. The van der Waals surface area contributed by atoms with E-state index in [0.29, 0.717) is 17.2 Å². The van der Waals surface area contributed by atoms with Crippen LogP contribution < -0.4 is 5.32 Å². The van der Waals surface area contributed by atoms with Gasteiger partial charge in [-0.2, -0.15) is 0 Å². The van der Waals surface area contributed by atoms with Crippen molar-refractivity contribution in [1.29, 1.82) is 0 Å². The molecule has 1 aromatic carbocycles. The topological polar surface area (TPSA) is 89.3 Å². The van der Waals surface area contributed by atoms with Gasteiger partial charge in [-0.15, -0.1) is 0 Å². The van der Waals surface area contributed by atoms with Gasteiger partial charge in [0.05, 0.1) is 22.8 Å². The molecule has 1 aliphatic rings. The predicted molar refractivity (Wildman–Crippen MR) is 84.6 cm³/mol. The van der Waals surface area contributed by atoms with Crippen molar-refractivity contribution in [3.8, 4) is 0 Å². The molecule has 1 aliphatic heterocycles. The van der Waals surface area contributed by atoms with Crippen LogP contribution in [0.15, 0.2) is 33.9 Å². The Morgan fingerprint density at radius 2 is 2.23 bits per heavy atom. The SMILES string of the molecule is C[C@]1(NC(=O)CSc2nc3ccccc3o2)CCS(=O)(=O)C1. The number of carbonyl (C=O) groups is 1. The first-order chi connectivity index (χ1) is 10.4. The standard InChI is InChI=1S/C14H16N2O4S2/c1-14(6-7-22(18,19)9-14)16-12(17)8-21-13-15-10-4-2-3-5-11(10)20-13/h2-5H,6-9H2,1H3,(H,16,17)/t14-/m0/s1. The minimum Gasteiger partial charge on any atom is -0.431 e. The first kappa shape index (κ1) is 15.4. The number of nitrogens with one attached hydrogen (secondary N) is 1. The van der Waals surface area contributed by atoms with Gasteiger partial charge in [0.1, 0.15) is 5.52 Å². The van der Waals surface area contributed by atoms with Gasteiger partial charge in [-0.05, 0) is 25.5 Å². The van der Waals surface area contributed by atoms with Crippen molar-refractivity contribution < 1.29 is 17.6 Å². The fourth-order valence-electron chi connectivity index (χ4n) is 2.52. The van der Waals surface area contributed by atoms with Crippen molar-refractivity contribution >= 4 is 38.6 Å². The summed E-state index contributed by atoms with van der Waals surface area (Å²) in [6.07, 6.45) is 0.453. The Kier molecular flexibility index (Phi) is 3.90. The van der Waals surface area contributed by atoms with Crippen LogP contribution in [0, 0.1) is 0 Å². The van der Waals surface area contributed by atoms with Crippen LogP contribution in [-0.2, 0) is 14.6 Å². The summed E-state index contributed by atoms with van der Waals surface area (Å²) in [5.41, 5.74) is 0.760. The van der Waals surface area contributed by atoms with Gasteiger partial charge in [-0.25, -0.2) is 13.4 Å². The molecule has 0 aliphatic carbocycles. The summed E-state index contributed by atoms with van der Waals surface area (Å²) in [6.45, 7) is 1.76. The number of nitrogens with zero attached hydrogens (tertiary/aromatic N) is 1. The third-order valence-electron chi connectivity index (χ3n) is 3.55. The van der Waals surface area contributed by atoms with E-state index < -0.39 is 15.4 Å². The molecule has 1 aromatic heterocycles. The number of thioether (sulfide) groups is 1. The molecular formula is C14H16N2O4S2. The molecule has 2 heterocycles. The molecule has 0 saturated carbocycles. The molecule has 1 atom stereocenters. The van der Waals surface area contributed by atoms with Crippen LogP contribution in [0.4, 0.5) is 0 Å². The average molecular weight is 340 g/mol. The molecule has 0 radical (unpaired) electrons. The maximum atomic E-state index is 12.0. The quantitative estimate of drug-likeness (QED) is 0.851. The molecular weight excluding hydrogens is 324 g/mol. The Morgan fingerprint density at radius 1 is 1.45 bits per heavy atom. The number of benzene rings is 1. The Bertz CT molecular complexity index is 782. The number of hydrogen-bond acceptors (Lipinski definition) is 6. The van der Waals surface area contributed by atoms with E-state index in [-0.39, 0.29) is 23.2 Å². The van der Waals surface area contributed by atoms with E-state index in [1.807, 2.05) is 24.3 Å². The summed E-state index contributed by atoms with van der Waals surface area (Å²) < 4.78 is 28.6. The number of sulfone groups is 1. The Hall–Kier alpha value is -1.54. The third-order valence-corrected chi connectivity index (χ3v) is 6.28. The molecule has 1 fully saturated rings. The predicted octanol–water partition coefficient (Wildman–Crippen LogP) is 1.61. The second-order valence-corrected chi connectivity index (χ2v) is 8.80. The summed E-state index contributed by atoms with van der Waals surface area (Å²) >= 11 is 1.20. The van der Waals surface area contributed by atoms with Gasteiger partial charge in [-0.3, -0.25) is 4.79 Å². The van der Waals surface area contributed by atoms with Gasteiger partial charge in [0.15, 0.2) is 15.4 Å². The van der Waals surface area contributed by atoms with Crippen LogP contribution in [0.3, 0.4) is 0 Å². The highest BCUT2D eigenvalue weighted by atomic mass is 32.2. The molecule has 8 heteroatoms. The smallest absolute Gasteiger partial charge is 0.257 e. The normalized spacial score (nSPS) is 23.7. The maximum Gasteiger partial charge on any atom is 0.257 e. The molecule has 0 bridgehead atoms. The minimum absolute atomic E-state index is 0.000700. The molecule has 118 valence electrons. The second kappa shape index (κ2) is 5.58. The number of para-hydroxylation sites is 2. The van der Waals surface area contributed by atoms with Gasteiger partial charge >= 0.3 is 0 Å². The van der Waals surface area contributed by atoms with E-state index in [1.165, 1.54) is 11.8 Å². The second-order valence-electron chi connectivity index (χ2n) is 5.69. The van der Waals surface area contributed by atoms with Crippen molar-refractivity contribution in [1.82, 2.24) is 10.3 Å². The molecule has 0 unspecified atom stereocenters. The molecule has 22 heavy (non-hydrogen) atoms. The van der Waals surface area contributed by atoms with E-state index in [2.05, 4.69) is 10.3 Å². The number of fused-ring (bicyclic) bond motifs is 1. The fourth-order valence-corrected chi connectivity index (χ4v) is 5.25. The van der Waals surface area contributed by atoms with E-state index in [9.17, 15) is 13.2 Å². The number of hydrogen-bond donors (Lipinski definition) is 1. The minimum atomic E-state index is -3.04. The van der Waals surface area contributed by atoms with E-state index in [4.69, 9.17) is 4.42 Å². The lowest BCUT2D eigenvalue weighted by Gasteiger charge is -2.23. The molecule has 1 saturated heterocycles. The number of aromatic nitrogens is 1. The van der Waals surface area contributed by atoms with Crippen LogP contribution in [0.25, 0.3) is 11.1 Å². The van der Waals surface area contributed by atoms with Crippen LogP contribution in [0.1, 0.15) is 13.3 Å². The molecule has 6 nitrogen and oxygen atoms in total. The molecule has 3 rings (SSSR count). The van der Waals surface area contributed by atoms with Crippen molar-refractivity contribution in [2.45, 2.75) is 24.1 Å². The largest absolute Gasteiger partial charge is 0.431 e. The van der Waals surface area contributed by atoms with Gasteiger partial charge in [-0.1, -0.05) is 23.9 Å². The van der Waals surface area contributed by atoms with Crippen molar-refractivity contribution in [3.05, 3.63) is 24.3 Å². The van der Waals surface area contributed by atoms with Crippen LogP contribution in [0.5, 0.6) is 0 Å². The van der Waals surface area contributed by atoms with E-state index in [1.54, 1.807) is 6.92 Å². The summed E-state index contributed by atoms with van der Waals surface area (Å²) in [7, 11) is -3.04. The lowest BCUT2D eigenvalue weighted by atomic mass is 10.0.